The lowest BCUT2D eigenvalue weighted by Crippen LogP contribution is -2.11. The van der Waals surface area contributed by atoms with Gasteiger partial charge in [-0.1, -0.05) is 5.76 Å². The maximum absolute atomic E-state index is 11.9. The number of allylic oxidation sites excluding steroid dienone is 1. The van der Waals surface area contributed by atoms with E-state index in [9.17, 15) is 18.7 Å². The second kappa shape index (κ2) is 4.87. The van der Waals surface area contributed by atoms with Crippen molar-refractivity contribution in [3.8, 4) is 0 Å². The van der Waals surface area contributed by atoms with E-state index in [1.165, 1.54) is 10.9 Å². The van der Waals surface area contributed by atoms with Crippen molar-refractivity contribution in [2.24, 2.45) is 0 Å². The normalized spacial score (nSPS) is 12.2. The van der Waals surface area contributed by atoms with E-state index in [2.05, 4.69) is 5.10 Å². The van der Waals surface area contributed by atoms with Crippen molar-refractivity contribution < 1.29 is 18.7 Å². The van der Waals surface area contributed by atoms with E-state index in [-0.39, 0.29) is 5.56 Å². The summed E-state index contributed by atoms with van der Waals surface area (Å²) in [6, 6.07) is 0. The van der Waals surface area contributed by atoms with Gasteiger partial charge in [-0.25, -0.2) is 8.78 Å². The highest BCUT2D eigenvalue weighted by Crippen LogP contribution is 2.13. The number of hydrogen-bond donors (Lipinski definition) is 0. The molecule has 0 aliphatic carbocycles. The Morgan fingerprint density at radius 1 is 1.69 bits per heavy atom. The van der Waals surface area contributed by atoms with Crippen LogP contribution in [0.1, 0.15) is 18.2 Å². The average Bonchev–Trinajstić information content (AvgIpc) is 2.59. The smallest absolute Gasteiger partial charge is 0.299 e. The first-order valence-electron chi connectivity index (χ1n) is 4.70. The van der Waals surface area contributed by atoms with Crippen molar-refractivity contribution in [3.63, 3.8) is 0 Å². The Kier molecular flexibility index (Phi) is 3.76. The third-order valence-electron chi connectivity index (χ3n) is 2.02. The Morgan fingerprint density at radius 2 is 2.31 bits per heavy atom. The van der Waals surface area contributed by atoms with Crippen LogP contribution in [0.2, 0.25) is 0 Å². The fourth-order valence-electron chi connectivity index (χ4n) is 1.19. The summed E-state index contributed by atoms with van der Waals surface area (Å²) in [7, 11) is 0. The van der Waals surface area contributed by atoms with Crippen molar-refractivity contribution in [3.05, 3.63) is 23.5 Å². The lowest BCUT2D eigenvalue weighted by molar-refractivity contribution is -0.244. The number of carbonyl (C=O) groups excluding carboxylic acids is 1. The molecule has 0 bridgehead atoms. The zero-order valence-electron chi connectivity index (χ0n) is 8.91. The predicted octanol–water partition coefficient (Wildman–Crippen LogP) is 0.747. The van der Waals surface area contributed by atoms with E-state index < -0.39 is 18.0 Å². The van der Waals surface area contributed by atoms with E-state index in [0.29, 0.717) is 18.3 Å². The molecule has 0 N–H and O–H groups in total. The summed E-state index contributed by atoms with van der Waals surface area (Å²) in [4.78, 5) is 10.7. The Balaban J connectivity index is 2.99. The zero-order valence-corrected chi connectivity index (χ0v) is 8.91. The molecule has 0 amide bonds. The summed E-state index contributed by atoms with van der Waals surface area (Å²) in [6.45, 7) is 3.98. The van der Waals surface area contributed by atoms with E-state index in [0.717, 1.165) is 0 Å². The first kappa shape index (κ1) is 12.4. The highest BCUT2D eigenvalue weighted by Gasteiger charge is 2.12. The molecular weight excluding hydrogens is 218 g/mol. The summed E-state index contributed by atoms with van der Waals surface area (Å²) in [5.74, 6) is -2.21. The molecule has 0 saturated carbocycles. The first-order valence-corrected chi connectivity index (χ1v) is 4.70. The molecular formula is C10H11F2N2O2-. The van der Waals surface area contributed by atoms with Gasteiger partial charge in [-0.15, -0.1) is 0 Å². The van der Waals surface area contributed by atoms with Crippen molar-refractivity contribution >= 4 is 11.5 Å². The van der Waals surface area contributed by atoms with Gasteiger partial charge in [0, 0.05) is 18.3 Å². The minimum absolute atomic E-state index is 0.177. The number of nitrogens with zero attached hydrogens (tertiary/aromatic N) is 2. The number of ketones is 1. The molecule has 0 unspecified atom stereocenters. The highest BCUT2D eigenvalue weighted by atomic mass is 19.3. The maximum Gasteiger partial charge on any atom is 0.299 e. The molecule has 0 atom stereocenters. The fraction of sp³-hybridized carbons (Fsp3) is 0.400. The molecule has 1 rings (SSSR count). The Morgan fingerprint density at radius 3 is 2.75 bits per heavy atom. The van der Waals surface area contributed by atoms with Crippen molar-refractivity contribution in [1.82, 2.24) is 9.78 Å². The van der Waals surface area contributed by atoms with Crippen LogP contribution in [0.5, 0.6) is 0 Å². The number of carbonyl (C=O) groups is 1. The number of rotatable bonds is 4. The molecule has 0 aliphatic rings. The topological polar surface area (TPSA) is 58.0 Å². The van der Waals surface area contributed by atoms with E-state index >= 15 is 0 Å². The van der Waals surface area contributed by atoms with Gasteiger partial charge in [-0.3, -0.25) is 9.48 Å². The minimum Gasteiger partial charge on any atom is -0.872 e. The number of halogens is 2. The fourth-order valence-corrected chi connectivity index (χ4v) is 1.19. The van der Waals surface area contributed by atoms with Gasteiger partial charge in [0.1, 0.15) is 0 Å². The van der Waals surface area contributed by atoms with Gasteiger partial charge in [0.25, 0.3) is 6.43 Å². The van der Waals surface area contributed by atoms with Gasteiger partial charge < -0.3 is 5.11 Å². The quantitative estimate of drug-likeness (QED) is 0.565. The van der Waals surface area contributed by atoms with Crippen LogP contribution >= 0.6 is 0 Å². The predicted molar refractivity (Wildman–Crippen MR) is 51.6 cm³/mol. The van der Waals surface area contributed by atoms with Gasteiger partial charge in [-0.05, 0) is 19.9 Å². The molecule has 16 heavy (non-hydrogen) atoms. The molecule has 6 heteroatoms. The van der Waals surface area contributed by atoms with Crippen LogP contribution in [-0.2, 0) is 11.3 Å². The molecule has 1 aromatic heterocycles. The van der Waals surface area contributed by atoms with Gasteiger partial charge in [0.15, 0.2) is 0 Å². The largest absolute Gasteiger partial charge is 0.872 e. The summed E-state index contributed by atoms with van der Waals surface area (Å²) in [5, 5.41) is 15.4. The molecule has 88 valence electrons. The van der Waals surface area contributed by atoms with Gasteiger partial charge in [-0.2, -0.15) is 5.10 Å². The Bertz CT molecular complexity index is 424. The molecule has 1 aromatic rings. The van der Waals surface area contributed by atoms with Gasteiger partial charge in [0.05, 0.1) is 5.69 Å². The summed E-state index contributed by atoms with van der Waals surface area (Å²) >= 11 is 0. The molecule has 0 aromatic carbocycles. The van der Waals surface area contributed by atoms with Crippen LogP contribution in [0.15, 0.2) is 12.3 Å². The molecule has 4 nitrogen and oxygen atoms in total. The van der Waals surface area contributed by atoms with Crippen LogP contribution < -0.4 is 5.11 Å². The molecule has 0 saturated heterocycles. The third kappa shape index (κ3) is 2.65. The van der Waals surface area contributed by atoms with E-state index in [1.54, 1.807) is 6.92 Å². The second-order valence-corrected chi connectivity index (χ2v) is 3.20. The van der Waals surface area contributed by atoms with Crippen molar-refractivity contribution in [2.75, 3.05) is 0 Å². The van der Waals surface area contributed by atoms with E-state index in [4.69, 9.17) is 0 Å². The average molecular weight is 229 g/mol. The number of aromatic nitrogens is 2. The lowest BCUT2D eigenvalue weighted by Gasteiger charge is -2.09. The second-order valence-electron chi connectivity index (χ2n) is 3.20. The third-order valence-corrected chi connectivity index (χ3v) is 2.02. The molecule has 0 radical (unpaired) electrons. The molecule has 0 spiro atoms. The number of aryl methyl sites for hydroxylation is 2. The van der Waals surface area contributed by atoms with Crippen LogP contribution in [-0.4, -0.2) is 22.0 Å². The number of alkyl halides is 2. The Hall–Kier alpha value is -1.72. The zero-order chi connectivity index (χ0) is 12.3. The van der Waals surface area contributed by atoms with Gasteiger partial charge >= 0.3 is 0 Å². The van der Waals surface area contributed by atoms with Crippen LogP contribution in [0.3, 0.4) is 0 Å². The molecule has 0 fully saturated rings. The first-order chi connectivity index (χ1) is 7.45. The van der Waals surface area contributed by atoms with Crippen molar-refractivity contribution in [2.45, 2.75) is 26.8 Å². The van der Waals surface area contributed by atoms with Crippen LogP contribution in [0, 0.1) is 6.92 Å². The Labute approximate surface area is 91.2 Å². The van der Waals surface area contributed by atoms with Crippen LogP contribution in [0.4, 0.5) is 8.78 Å². The monoisotopic (exact) mass is 229 g/mol. The molecule has 0 aliphatic heterocycles. The summed E-state index contributed by atoms with van der Waals surface area (Å²) in [5.41, 5.74) is 0.598. The summed E-state index contributed by atoms with van der Waals surface area (Å²) in [6.07, 6.45) is -1.30. The minimum atomic E-state index is -3.15. The highest BCUT2D eigenvalue weighted by molar-refractivity contribution is 5.97. The standard InChI is InChI=1S/C10H12F2N2O2/c1-3-14-5-7(6(2)13-14)8(15)4-9(16)10(11)12/h4-5,10,15H,3H2,1-2H3/p-1. The number of hydrogen-bond acceptors (Lipinski definition) is 3. The van der Waals surface area contributed by atoms with Gasteiger partial charge in [0.2, 0.25) is 5.78 Å². The SMILES string of the molecule is CCn1cc(C([O-])=CC(=O)C(F)F)c(C)n1. The van der Waals surface area contributed by atoms with Crippen molar-refractivity contribution in [1.29, 1.82) is 0 Å². The maximum atomic E-state index is 11.9. The van der Waals surface area contributed by atoms with E-state index in [1.807, 2.05) is 6.92 Å². The van der Waals surface area contributed by atoms with Crippen LogP contribution in [0.25, 0.3) is 5.76 Å². The molecule has 1 heterocycles. The lowest BCUT2D eigenvalue weighted by atomic mass is 10.2. The summed E-state index contributed by atoms with van der Waals surface area (Å²) < 4.78 is 25.3.